The average Bonchev–Trinajstić information content (AvgIpc) is 3.11. The van der Waals surface area contributed by atoms with Crippen LogP contribution in [0.15, 0.2) is 103 Å². The maximum atomic E-state index is 12.9. The van der Waals surface area contributed by atoms with Crippen LogP contribution in [0.1, 0.15) is 22.3 Å². The Labute approximate surface area is 262 Å². The molecule has 5 aromatic rings. The molecule has 0 atom stereocenters. The highest BCUT2D eigenvalue weighted by Gasteiger charge is 2.39. The van der Waals surface area contributed by atoms with Crippen LogP contribution in [-0.2, 0) is 21.6 Å². The Hall–Kier alpha value is -5.27. The SMILES string of the molecule is COC(=O)Cc1c2c(c3cc(OCCO)ccc3c1-c1ccccc1)OC(c1ccc(OC)cc1)(c1ccc(OC)cc1)C=C2. The summed E-state index contributed by atoms with van der Waals surface area (Å²) < 4.78 is 29.2. The summed E-state index contributed by atoms with van der Waals surface area (Å²) in [6.07, 6.45) is 4.12. The van der Waals surface area contributed by atoms with Gasteiger partial charge in [0.1, 0.15) is 29.6 Å². The molecule has 5 aromatic carbocycles. The van der Waals surface area contributed by atoms with E-state index in [1.807, 2.05) is 109 Å². The molecule has 7 heteroatoms. The van der Waals surface area contributed by atoms with E-state index in [4.69, 9.17) is 23.7 Å². The number of ether oxygens (including phenoxy) is 5. The number of hydrogen-bond acceptors (Lipinski definition) is 7. The van der Waals surface area contributed by atoms with Gasteiger partial charge in [0.15, 0.2) is 5.60 Å². The summed E-state index contributed by atoms with van der Waals surface area (Å²) in [5.74, 6) is 2.30. The summed E-state index contributed by atoms with van der Waals surface area (Å²) in [6.45, 7) is 0.0445. The van der Waals surface area contributed by atoms with Crippen molar-refractivity contribution >= 4 is 22.8 Å². The predicted molar refractivity (Wildman–Crippen MR) is 174 cm³/mol. The van der Waals surface area contributed by atoms with Crippen molar-refractivity contribution in [2.24, 2.45) is 0 Å². The van der Waals surface area contributed by atoms with E-state index < -0.39 is 5.60 Å². The highest BCUT2D eigenvalue weighted by atomic mass is 16.5. The number of rotatable bonds is 10. The van der Waals surface area contributed by atoms with Crippen LogP contribution < -0.4 is 18.9 Å². The van der Waals surface area contributed by atoms with Crippen LogP contribution in [-0.4, -0.2) is 45.6 Å². The molecule has 0 saturated heterocycles. The molecule has 0 fully saturated rings. The van der Waals surface area contributed by atoms with Crippen molar-refractivity contribution in [1.29, 1.82) is 0 Å². The van der Waals surface area contributed by atoms with Gasteiger partial charge < -0.3 is 28.8 Å². The van der Waals surface area contributed by atoms with Crippen molar-refractivity contribution in [3.63, 3.8) is 0 Å². The van der Waals surface area contributed by atoms with Crippen molar-refractivity contribution in [1.82, 2.24) is 0 Å². The van der Waals surface area contributed by atoms with Crippen LogP contribution in [0.4, 0.5) is 0 Å². The Kier molecular flexibility index (Phi) is 8.45. The zero-order chi connectivity index (χ0) is 31.4. The smallest absolute Gasteiger partial charge is 0.310 e. The lowest BCUT2D eigenvalue weighted by molar-refractivity contribution is -0.139. The fourth-order valence-corrected chi connectivity index (χ4v) is 5.93. The van der Waals surface area contributed by atoms with Gasteiger partial charge in [-0.3, -0.25) is 4.79 Å². The van der Waals surface area contributed by atoms with Gasteiger partial charge in [0.2, 0.25) is 0 Å². The Morgan fingerprint density at radius 3 is 1.98 bits per heavy atom. The maximum Gasteiger partial charge on any atom is 0.310 e. The van der Waals surface area contributed by atoms with Crippen molar-refractivity contribution in [3.05, 3.63) is 125 Å². The van der Waals surface area contributed by atoms with Gasteiger partial charge in [0.25, 0.3) is 0 Å². The minimum absolute atomic E-state index is 0.0491. The van der Waals surface area contributed by atoms with E-state index in [2.05, 4.69) is 0 Å². The fourth-order valence-electron chi connectivity index (χ4n) is 5.93. The molecule has 0 unspecified atom stereocenters. The number of fused-ring (bicyclic) bond motifs is 3. The molecule has 1 aliphatic heterocycles. The summed E-state index contributed by atoms with van der Waals surface area (Å²) in [6, 6.07) is 31.4. The standard InChI is InChI=1S/C38H34O7/c1-41-28-13-9-26(10-14-28)38(27-11-15-29(42-2)16-12-27)20-19-32-33(24-35(40)43-3)36(25-7-5-4-6-8-25)31-18-17-30(44-22-21-39)23-34(31)37(32)45-38/h4-20,23,39H,21-22,24H2,1-3H3. The zero-order valence-electron chi connectivity index (χ0n) is 25.4. The van der Waals surface area contributed by atoms with Gasteiger partial charge in [-0.15, -0.1) is 0 Å². The number of carbonyl (C=O) groups excluding carboxylic acids is 1. The number of methoxy groups -OCH3 is 3. The third-order valence-electron chi connectivity index (χ3n) is 8.13. The lowest BCUT2D eigenvalue weighted by atomic mass is 9.80. The van der Waals surface area contributed by atoms with Gasteiger partial charge in [-0.05, 0) is 70.6 Å². The third-order valence-corrected chi connectivity index (χ3v) is 8.13. The minimum atomic E-state index is -1.03. The number of carbonyl (C=O) groups is 1. The number of hydrogen-bond donors (Lipinski definition) is 1. The molecule has 0 bridgehead atoms. The van der Waals surface area contributed by atoms with Gasteiger partial charge in [0, 0.05) is 22.1 Å². The zero-order valence-corrected chi connectivity index (χ0v) is 25.4. The second-order valence-corrected chi connectivity index (χ2v) is 10.6. The number of benzene rings is 5. The van der Waals surface area contributed by atoms with Crippen LogP contribution in [0.3, 0.4) is 0 Å². The second kappa shape index (κ2) is 12.8. The number of aliphatic hydroxyl groups is 1. The quantitative estimate of drug-likeness (QED) is 0.173. The van der Waals surface area contributed by atoms with Crippen LogP contribution in [0.5, 0.6) is 23.0 Å². The predicted octanol–water partition coefficient (Wildman–Crippen LogP) is 6.96. The number of aliphatic hydroxyl groups excluding tert-OH is 1. The van der Waals surface area contributed by atoms with E-state index in [9.17, 15) is 9.90 Å². The second-order valence-electron chi connectivity index (χ2n) is 10.6. The molecule has 1 N–H and O–H groups in total. The summed E-state index contributed by atoms with van der Waals surface area (Å²) in [4.78, 5) is 12.9. The lowest BCUT2D eigenvalue weighted by Gasteiger charge is -2.38. The van der Waals surface area contributed by atoms with Gasteiger partial charge in [-0.25, -0.2) is 0 Å². The Bertz CT molecular complexity index is 1800. The molecule has 45 heavy (non-hydrogen) atoms. The van der Waals surface area contributed by atoms with Crippen LogP contribution in [0.25, 0.3) is 28.0 Å². The van der Waals surface area contributed by atoms with E-state index in [0.717, 1.165) is 55.7 Å². The van der Waals surface area contributed by atoms with E-state index in [1.54, 1.807) is 14.2 Å². The summed E-state index contributed by atoms with van der Waals surface area (Å²) in [5.41, 5.74) is 4.20. The largest absolute Gasteiger partial charge is 0.497 e. The highest BCUT2D eigenvalue weighted by Crippen LogP contribution is 2.50. The normalized spacial score (nSPS) is 13.1. The van der Waals surface area contributed by atoms with Gasteiger partial charge in [-0.1, -0.05) is 60.7 Å². The molecule has 1 heterocycles. The summed E-state index contributed by atoms with van der Waals surface area (Å²) >= 11 is 0. The fraction of sp³-hybridized carbons (Fsp3) is 0.184. The molecular weight excluding hydrogens is 568 g/mol. The first-order valence-corrected chi connectivity index (χ1v) is 14.7. The van der Waals surface area contributed by atoms with E-state index >= 15 is 0 Å². The first kappa shape index (κ1) is 29.8. The molecular formula is C38H34O7. The molecule has 0 spiro atoms. The van der Waals surface area contributed by atoms with Crippen molar-refractivity contribution in [2.45, 2.75) is 12.0 Å². The van der Waals surface area contributed by atoms with E-state index in [0.29, 0.717) is 11.5 Å². The monoisotopic (exact) mass is 602 g/mol. The van der Waals surface area contributed by atoms with Gasteiger partial charge in [0.05, 0.1) is 34.4 Å². The molecule has 0 radical (unpaired) electrons. The van der Waals surface area contributed by atoms with Gasteiger partial charge >= 0.3 is 5.97 Å². The van der Waals surface area contributed by atoms with Crippen molar-refractivity contribution in [2.75, 3.05) is 34.5 Å². The maximum absolute atomic E-state index is 12.9. The molecule has 0 amide bonds. The van der Waals surface area contributed by atoms with Crippen molar-refractivity contribution < 1.29 is 33.6 Å². The summed E-state index contributed by atoms with van der Waals surface area (Å²) in [5, 5.41) is 11.1. The first-order valence-electron chi connectivity index (χ1n) is 14.7. The summed E-state index contributed by atoms with van der Waals surface area (Å²) in [7, 11) is 4.67. The molecule has 1 aliphatic rings. The molecule has 6 rings (SSSR count). The van der Waals surface area contributed by atoms with Crippen LogP contribution in [0.2, 0.25) is 0 Å². The topological polar surface area (TPSA) is 83.5 Å². The van der Waals surface area contributed by atoms with Crippen molar-refractivity contribution in [3.8, 4) is 34.1 Å². The Balaban J connectivity index is 1.67. The van der Waals surface area contributed by atoms with E-state index in [1.165, 1.54) is 7.11 Å². The Morgan fingerprint density at radius 2 is 1.40 bits per heavy atom. The van der Waals surface area contributed by atoms with Gasteiger partial charge in [-0.2, -0.15) is 0 Å². The third kappa shape index (κ3) is 5.58. The molecule has 228 valence electrons. The lowest BCUT2D eigenvalue weighted by Crippen LogP contribution is -2.34. The Morgan fingerprint density at radius 1 is 0.778 bits per heavy atom. The van der Waals surface area contributed by atoms with Crippen LogP contribution in [0, 0.1) is 0 Å². The van der Waals surface area contributed by atoms with Crippen LogP contribution >= 0.6 is 0 Å². The highest BCUT2D eigenvalue weighted by molar-refractivity contribution is 6.06. The molecule has 0 aromatic heterocycles. The average molecular weight is 603 g/mol. The minimum Gasteiger partial charge on any atom is -0.497 e. The first-order chi connectivity index (χ1) is 22.0. The molecule has 0 aliphatic carbocycles. The van der Waals surface area contributed by atoms with E-state index in [-0.39, 0.29) is 25.6 Å². The molecule has 7 nitrogen and oxygen atoms in total. The molecule has 0 saturated carbocycles. The number of esters is 1.